The fraction of sp³-hybridized carbons (Fsp3) is 0.394. The molecule has 232 valence electrons. The normalized spacial score (nSPS) is 12.6. The molecule has 3 aromatic carbocycles. The predicted molar refractivity (Wildman–Crippen MR) is 169 cm³/mol. The molecule has 0 fully saturated rings. The lowest BCUT2D eigenvalue weighted by molar-refractivity contribution is -0.140. The molecule has 0 aliphatic rings. The summed E-state index contributed by atoms with van der Waals surface area (Å²) in [5.74, 6) is 0.422. The van der Waals surface area contributed by atoms with E-state index < -0.39 is 28.5 Å². The number of carbonyl (C=O) groups excluding carboxylic acids is 2. The minimum atomic E-state index is -4.17. The number of hydrogen-bond acceptors (Lipinski definition) is 6. The summed E-state index contributed by atoms with van der Waals surface area (Å²) < 4.78 is 40.0. The van der Waals surface area contributed by atoms with Crippen molar-refractivity contribution < 1.29 is 27.5 Å². The van der Waals surface area contributed by atoms with Gasteiger partial charge in [0, 0.05) is 12.6 Å². The first-order valence-electron chi connectivity index (χ1n) is 14.6. The lowest BCUT2D eigenvalue weighted by Gasteiger charge is -2.33. The first-order chi connectivity index (χ1) is 20.5. The van der Waals surface area contributed by atoms with Gasteiger partial charge in [0.05, 0.1) is 24.3 Å². The third-order valence-electron chi connectivity index (χ3n) is 7.22. The topological polar surface area (TPSA) is 105 Å². The van der Waals surface area contributed by atoms with Gasteiger partial charge in [-0.3, -0.25) is 13.9 Å². The Hall–Kier alpha value is -4.05. The second kappa shape index (κ2) is 15.4. The Morgan fingerprint density at radius 1 is 0.860 bits per heavy atom. The molecule has 3 rings (SSSR count). The van der Waals surface area contributed by atoms with Gasteiger partial charge in [-0.2, -0.15) is 0 Å². The second-order valence-corrected chi connectivity index (χ2v) is 12.2. The standard InChI is InChI=1S/C33H43N3O6S/c1-7-25(5)34-33(38)31(8-2)35(22-26-12-16-28(41-6)17-13-26)32(37)23-36(27-14-10-24(4)11-15-27)43(39,40)30-20-18-29(19-21-30)42-9-3/h10-21,25,31H,7-9,22-23H2,1-6H3,(H,34,38)/t25-,31+/m1/s1. The number of hydrogen-bond donors (Lipinski definition) is 1. The van der Waals surface area contributed by atoms with Crippen LogP contribution < -0.4 is 19.1 Å². The first-order valence-corrected chi connectivity index (χ1v) is 16.0. The zero-order valence-corrected chi connectivity index (χ0v) is 26.7. The van der Waals surface area contributed by atoms with Crippen molar-refractivity contribution >= 4 is 27.5 Å². The monoisotopic (exact) mass is 609 g/mol. The molecule has 0 radical (unpaired) electrons. The molecule has 0 spiro atoms. The van der Waals surface area contributed by atoms with Gasteiger partial charge < -0.3 is 19.7 Å². The molecule has 1 N–H and O–H groups in total. The molecule has 0 saturated carbocycles. The summed E-state index contributed by atoms with van der Waals surface area (Å²) in [7, 11) is -2.60. The van der Waals surface area contributed by atoms with E-state index in [-0.39, 0.29) is 23.4 Å². The maximum atomic E-state index is 14.2. The molecule has 3 aromatic rings. The summed E-state index contributed by atoms with van der Waals surface area (Å²) >= 11 is 0. The Bertz CT molecular complexity index is 1440. The molecule has 43 heavy (non-hydrogen) atoms. The van der Waals surface area contributed by atoms with Crippen molar-refractivity contribution in [3.05, 3.63) is 83.9 Å². The number of anilines is 1. The highest BCUT2D eigenvalue weighted by molar-refractivity contribution is 7.92. The summed E-state index contributed by atoms with van der Waals surface area (Å²) in [6.45, 7) is 9.52. The second-order valence-electron chi connectivity index (χ2n) is 10.4. The van der Waals surface area contributed by atoms with Gasteiger partial charge in [0.2, 0.25) is 11.8 Å². The van der Waals surface area contributed by atoms with Crippen LogP contribution in [0.2, 0.25) is 0 Å². The van der Waals surface area contributed by atoms with Crippen LogP contribution in [0.5, 0.6) is 11.5 Å². The number of methoxy groups -OCH3 is 1. The summed E-state index contributed by atoms with van der Waals surface area (Å²) in [6, 6.07) is 19.4. The van der Waals surface area contributed by atoms with E-state index in [1.165, 1.54) is 17.0 Å². The minimum Gasteiger partial charge on any atom is -0.497 e. The minimum absolute atomic E-state index is 0.0209. The van der Waals surface area contributed by atoms with Gasteiger partial charge in [-0.1, -0.05) is 43.7 Å². The number of ether oxygens (including phenoxy) is 2. The van der Waals surface area contributed by atoms with Gasteiger partial charge in [0.1, 0.15) is 24.1 Å². The highest BCUT2D eigenvalue weighted by atomic mass is 32.2. The number of nitrogens with one attached hydrogen (secondary N) is 1. The van der Waals surface area contributed by atoms with Crippen molar-refractivity contribution in [2.24, 2.45) is 0 Å². The highest BCUT2D eigenvalue weighted by Crippen LogP contribution is 2.27. The van der Waals surface area contributed by atoms with E-state index in [0.29, 0.717) is 30.2 Å². The van der Waals surface area contributed by atoms with Crippen molar-refractivity contribution in [3.63, 3.8) is 0 Å². The third kappa shape index (κ3) is 8.73. The van der Waals surface area contributed by atoms with Crippen LogP contribution in [0.25, 0.3) is 0 Å². The number of sulfonamides is 1. The molecule has 2 amide bonds. The number of benzene rings is 3. The van der Waals surface area contributed by atoms with Gasteiger partial charge in [0.25, 0.3) is 10.0 Å². The van der Waals surface area contributed by atoms with Crippen molar-refractivity contribution in [2.75, 3.05) is 24.6 Å². The molecule has 0 heterocycles. The Labute approximate surface area is 255 Å². The van der Waals surface area contributed by atoms with E-state index in [1.807, 2.05) is 46.8 Å². The number of carbonyl (C=O) groups is 2. The van der Waals surface area contributed by atoms with Crippen molar-refractivity contribution in [1.29, 1.82) is 0 Å². The van der Waals surface area contributed by atoms with Crippen molar-refractivity contribution in [1.82, 2.24) is 10.2 Å². The molecular formula is C33H43N3O6S. The quantitative estimate of drug-likeness (QED) is 0.250. The smallest absolute Gasteiger partial charge is 0.264 e. The summed E-state index contributed by atoms with van der Waals surface area (Å²) in [5, 5.41) is 2.99. The Morgan fingerprint density at radius 2 is 1.47 bits per heavy atom. The molecule has 9 nitrogen and oxygen atoms in total. The molecule has 0 saturated heterocycles. The highest BCUT2D eigenvalue weighted by Gasteiger charge is 2.34. The van der Waals surface area contributed by atoms with Crippen molar-refractivity contribution in [2.45, 2.75) is 71.0 Å². The summed E-state index contributed by atoms with van der Waals surface area (Å²) in [6.07, 6.45) is 1.08. The average molecular weight is 610 g/mol. The molecule has 0 aliphatic heterocycles. The van der Waals surface area contributed by atoms with E-state index >= 15 is 0 Å². The molecule has 10 heteroatoms. The first kappa shape index (κ1) is 33.5. The molecule has 0 aliphatic carbocycles. The molecule has 2 atom stereocenters. The lowest BCUT2D eigenvalue weighted by Crippen LogP contribution is -2.53. The van der Waals surface area contributed by atoms with E-state index in [0.717, 1.165) is 21.9 Å². The van der Waals surface area contributed by atoms with Crippen LogP contribution in [0.1, 0.15) is 51.7 Å². The lowest BCUT2D eigenvalue weighted by atomic mass is 10.1. The average Bonchev–Trinajstić information content (AvgIpc) is 3.00. The summed E-state index contributed by atoms with van der Waals surface area (Å²) in [5.41, 5.74) is 2.07. The fourth-order valence-corrected chi connectivity index (χ4v) is 5.94. The fourth-order valence-electron chi connectivity index (χ4n) is 4.53. The van der Waals surface area contributed by atoms with Crippen LogP contribution in [0.15, 0.2) is 77.7 Å². The van der Waals surface area contributed by atoms with Gasteiger partial charge in [-0.25, -0.2) is 8.42 Å². The Balaban J connectivity index is 2.04. The van der Waals surface area contributed by atoms with Gasteiger partial charge in [-0.05, 0) is 87.7 Å². The number of aryl methyl sites for hydroxylation is 1. The SMILES string of the molecule is CCOc1ccc(S(=O)(=O)N(CC(=O)N(Cc2ccc(OC)cc2)[C@@H](CC)C(=O)N[C@H](C)CC)c2ccc(C)cc2)cc1. The zero-order chi connectivity index (χ0) is 31.6. The third-order valence-corrected chi connectivity index (χ3v) is 9.01. The Kier molecular flexibility index (Phi) is 12.0. The van der Waals surface area contributed by atoms with Crippen LogP contribution in [0, 0.1) is 6.92 Å². The van der Waals surface area contributed by atoms with Crippen LogP contribution in [-0.4, -0.2) is 57.5 Å². The molecule has 0 aromatic heterocycles. The van der Waals surface area contributed by atoms with Crippen LogP contribution in [-0.2, 0) is 26.2 Å². The summed E-state index contributed by atoms with van der Waals surface area (Å²) in [4.78, 5) is 29.1. The van der Waals surface area contributed by atoms with E-state index in [9.17, 15) is 18.0 Å². The molecular weight excluding hydrogens is 566 g/mol. The maximum absolute atomic E-state index is 14.2. The zero-order valence-electron chi connectivity index (χ0n) is 25.9. The number of amides is 2. The van der Waals surface area contributed by atoms with Crippen LogP contribution in [0.3, 0.4) is 0 Å². The van der Waals surface area contributed by atoms with Gasteiger partial charge in [-0.15, -0.1) is 0 Å². The van der Waals surface area contributed by atoms with E-state index in [2.05, 4.69) is 5.32 Å². The number of rotatable bonds is 15. The van der Waals surface area contributed by atoms with E-state index in [4.69, 9.17) is 9.47 Å². The van der Waals surface area contributed by atoms with Gasteiger partial charge in [0.15, 0.2) is 0 Å². The molecule has 0 bridgehead atoms. The predicted octanol–water partition coefficient (Wildman–Crippen LogP) is 5.32. The van der Waals surface area contributed by atoms with E-state index in [1.54, 1.807) is 55.6 Å². The van der Waals surface area contributed by atoms with Crippen molar-refractivity contribution in [3.8, 4) is 11.5 Å². The van der Waals surface area contributed by atoms with Gasteiger partial charge >= 0.3 is 0 Å². The van der Waals surface area contributed by atoms with Crippen LogP contribution >= 0.6 is 0 Å². The maximum Gasteiger partial charge on any atom is 0.264 e. The largest absolute Gasteiger partial charge is 0.497 e. The van der Waals surface area contributed by atoms with Crippen LogP contribution in [0.4, 0.5) is 5.69 Å². The number of nitrogens with zero attached hydrogens (tertiary/aromatic N) is 2. The Morgan fingerprint density at radius 3 is 2.00 bits per heavy atom. The molecule has 0 unspecified atom stereocenters.